The maximum atomic E-state index is 9.94. The lowest BCUT2D eigenvalue weighted by atomic mass is 10.6. The number of hydrogen-bond donors (Lipinski definition) is 2. The van der Waals surface area contributed by atoms with E-state index in [0.717, 1.165) is 0 Å². The molecule has 0 fully saturated rings. The van der Waals surface area contributed by atoms with Gasteiger partial charge in [0.2, 0.25) is 0 Å². The van der Waals surface area contributed by atoms with Gasteiger partial charge < -0.3 is 11.1 Å². The van der Waals surface area contributed by atoms with Crippen LogP contribution in [0.15, 0.2) is 11.1 Å². The highest BCUT2D eigenvalue weighted by Gasteiger charge is 1.82. The number of halogens is 1. The van der Waals surface area contributed by atoms with Crippen molar-refractivity contribution in [1.82, 2.24) is 5.32 Å². The van der Waals surface area contributed by atoms with E-state index < -0.39 is 6.03 Å². The van der Waals surface area contributed by atoms with E-state index in [9.17, 15) is 4.79 Å². The van der Waals surface area contributed by atoms with Gasteiger partial charge in [0.05, 0.1) is 0 Å². The fourth-order valence-corrected chi connectivity index (χ4v) is 0.391. The topological polar surface area (TPSA) is 55.1 Å². The zero-order valence-corrected chi connectivity index (χ0v) is 5.81. The number of nitrogens with one attached hydrogen (secondary N) is 1. The zero-order chi connectivity index (χ0) is 6.41. The van der Waals surface area contributed by atoms with E-state index in [1.165, 1.54) is 0 Å². The van der Waals surface area contributed by atoms with Crippen molar-refractivity contribution >= 4 is 22.0 Å². The highest BCUT2D eigenvalue weighted by Crippen LogP contribution is 1.78. The molecular weight excluding hydrogens is 172 g/mol. The maximum Gasteiger partial charge on any atom is 0.312 e. The van der Waals surface area contributed by atoms with E-state index in [4.69, 9.17) is 5.73 Å². The molecule has 0 bridgehead atoms. The van der Waals surface area contributed by atoms with Crippen molar-refractivity contribution in [2.24, 2.45) is 5.73 Å². The predicted molar refractivity (Wildman–Crippen MR) is 35.7 cm³/mol. The molecular formula is C4H7BrN2O. The van der Waals surface area contributed by atoms with Crippen LogP contribution < -0.4 is 11.1 Å². The highest BCUT2D eigenvalue weighted by molar-refractivity contribution is 9.11. The fraction of sp³-hybridized carbons (Fsp3) is 0.250. The van der Waals surface area contributed by atoms with Crippen molar-refractivity contribution in [1.29, 1.82) is 0 Å². The molecule has 3 N–H and O–H groups in total. The largest absolute Gasteiger partial charge is 0.352 e. The zero-order valence-electron chi connectivity index (χ0n) is 4.23. The van der Waals surface area contributed by atoms with Gasteiger partial charge in [-0.1, -0.05) is 22.0 Å². The first-order valence-corrected chi connectivity index (χ1v) is 2.97. The third-order valence-electron chi connectivity index (χ3n) is 0.483. The number of carbonyl (C=O) groups is 1. The Morgan fingerprint density at radius 1 is 1.88 bits per heavy atom. The molecule has 8 heavy (non-hydrogen) atoms. The Hall–Kier alpha value is -0.510. The van der Waals surface area contributed by atoms with Crippen LogP contribution in [0.25, 0.3) is 0 Å². The van der Waals surface area contributed by atoms with E-state index in [0.29, 0.717) is 6.54 Å². The minimum Gasteiger partial charge on any atom is -0.352 e. The Morgan fingerprint density at radius 3 is 2.88 bits per heavy atom. The van der Waals surface area contributed by atoms with Crippen LogP contribution in [0.3, 0.4) is 0 Å². The first-order chi connectivity index (χ1) is 3.77. The normalized spacial score (nSPS) is 9.62. The quantitative estimate of drug-likeness (QED) is 0.639. The SMILES string of the molecule is NC(=O)NCC=CBr. The number of amides is 2. The Bertz CT molecular complexity index is 102. The number of primary amides is 1. The molecule has 2 amide bonds. The smallest absolute Gasteiger partial charge is 0.312 e. The summed E-state index contributed by atoms with van der Waals surface area (Å²) in [6, 6.07) is -0.504. The average Bonchev–Trinajstić information content (AvgIpc) is 1.66. The molecule has 0 saturated heterocycles. The van der Waals surface area contributed by atoms with Crippen molar-refractivity contribution in [2.45, 2.75) is 0 Å². The molecule has 0 unspecified atom stereocenters. The van der Waals surface area contributed by atoms with E-state index in [2.05, 4.69) is 21.2 Å². The van der Waals surface area contributed by atoms with Gasteiger partial charge in [-0.25, -0.2) is 4.79 Å². The summed E-state index contributed by atoms with van der Waals surface area (Å²) in [6.07, 6.45) is 1.73. The fourth-order valence-electron chi connectivity index (χ4n) is 0.204. The van der Waals surface area contributed by atoms with E-state index in [1.54, 1.807) is 11.1 Å². The number of hydrogen-bond acceptors (Lipinski definition) is 1. The molecule has 0 spiro atoms. The second kappa shape index (κ2) is 4.64. The van der Waals surface area contributed by atoms with E-state index in [-0.39, 0.29) is 0 Å². The van der Waals surface area contributed by atoms with Gasteiger partial charge in [-0.15, -0.1) is 0 Å². The number of rotatable bonds is 2. The number of carbonyl (C=O) groups excluding carboxylic acids is 1. The lowest BCUT2D eigenvalue weighted by molar-refractivity contribution is 0.250. The molecule has 3 nitrogen and oxygen atoms in total. The van der Waals surface area contributed by atoms with Crippen molar-refractivity contribution in [3.05, 3.63) is 11.1 Å². The van der Waals surface area contributed by atoms with E-state index in [1.807, 2.05) is 0 Å². The van der Waals surface area contributed by atoms with Gasteiger partial charge in [0.25, 0.3) is 0 Å². The van der Waals surface area contributed by atoms with Gasteiger partial charge in [-0.05, 0) is 4.99 Å². The van der Waals surface area contributed by atoms with Crippen LogP contribution in [0.1, 0.15) is 0 Å². The Labute approximate surface area is 56.1 Å². The van der Waals surface area contributed by atoms with Gasteiger partial charge in [0.1, 0.15) is 0 Å². The van der Waals surface area contributed by atoms with Gasteiger partial charge >= 0.3 is 6.03 Å². The molecule has 0 aromatic heterocycles. The summed E-state index contributed by atoms with van der Waals surface area (Å²) in [5.41, 5.74) is 4.73. The van der Waals surface area contributed by atoms with Crippen molar-refractivity contribution in [3.8, 4) is 0 Å². The van der Waals surface area contributed by atoms with Crippen LogP contribution in [0.2, 0.25) is 0 Å². The summed E-state index contributed by atoms with van der Waals surface area (Å²) in [5.74, 6) is 0. The van der Waals surface area contributed by atoms with Crippen LogP contribution in [-0.4, -0.2) is 12.6 Å². The second-order valence-corrected chi connectivity index (χ2v) is 1.64. The molecule has 0 radical (unpaired) electrons. The van der Waals surface area contributed by atoms with Crippen LogP contribution in [0.5, 0.6) is 0 Å². The van der Waals surface area contributed by atoms with Gasteiger partial charge in [0, 0.05) is 6.54 Å². The summed E-state index contributed by atoms with van der Waals surface area (Å²) in [4.78, 5) is 11.6. The molecule has 0 saturated carbocycles. The molecule has 46 valence electrons. The maximum absolute atomic E-state index is 9.94. The third kappa shape index (κ3) is 5.49. The minimum atomic E-state index is -0.504. The lowest BCUT2D eigenvalue weighted by Crippen LogP contribution is -2.29. The first-order valence-electron chi connectivity index (χ1n) is 2.06. The predicted octanol–water partition coefficient (Wildman–Crippen LogP) is 0.563. The van der Waals surface area contributed by atoms with Crippen LogP contribution in [-0.2, 0) is 0 Å². The first kappa shape index (κ1) is 7.49. The summed E-state index contributed by atoms with van der Waals surface area (Å²) in [5, 5.41) is 2.37. The number of nitrogens with two attached hydrogens (primary N) is 1. The standard InChI is InChI=1S/C4H7BrN2O/c5-2-1-3-7-4(6)8/h1-2H,3H2,(H3,6,7,8). The molecule has 0 aromatic carbocycles. The second-order valence-electron chi connectivity index (χ2n) is 1.11. The van der Waals surface area contributed by atoms with Crippen molar-refractivity contribution < 1.29 is 4.79 Å². The summed E-state index contributed by atoms with van der Waals surface area (Å²) < 4.78 is 0. The summed E-state index contributed by atoms with van der Waals surface area (Å²) in [7, 11) is 0. The third-order valence-corrected chi connectivity index (χ3v) is 0.857. The molecule has 0 aliphatic rings. The highest BCUT2D eigenvalue weighted by atomic mass is 79.9. The molecule has 0 aromatic rings. The van der Waals surface area contributed by atoms with Crippen LogP contribution in [0.4, 0.5) is 4.79 Å². The molecule has 0 aliphatic heterocycles. The number of urea groups is 1. The summed E-state index contributed by atoms with van der Waals surface area (Å²) in [6.45, 7) is 0.473. The van der Waals surface area contributed by atoms with E-state index >= 15 is 0 Å². The van der Waals surface area contributed by atoms with Gasteiger partial charge in [-0.2, -0.15) is 0 Å². The minimum absolute atomic E-state index is 0.473. The lowest BCUT2D eigenvalue weighted by Gasteiger charge is -1.91. The average molecular weight is 179 g/mol. The Morgan fingerprint density at radius 2 is 2.50 bits per heavy atom. The summed E-state index contributed by atoms with van der Waals surface area (Å²) >= 11 is 3.03. The monoisotopic (exact) mass is 178 g/mol. The molecule has 4 heteroatoms. The van der Waals surface area contributed by atoms with Crippen molar-refractivity contribution in [3.63, 3.8) is 0 Å². The Kier molecular flexibility index (Phi) is 4.35. The van der Waals surface area contributed by atoms with Gasteiger partial charge in [0.15, 0.2) is 0 Å². The molecule has 0 rings (SSSR count). The molecule has 0 heterocycles. The molecule has 0 atom stereocenters. The van der Waals surface area contributed by atoms with Crippen LogP contribution in [0, 0.1) is 0 Å². The van der Waals surface area contributed by atoms with Crippen molar-refractivity contribution in [2.75, 3.05) is 6.54 Å². The van der Waals surface area contributed by atoms with Gasteiger partial charge in [-0.3, -0.25) is 0 Å². The van der Waals surface area contributed by atoms with Crippen LogP contribution >= 0.6 is 15.9 Å². The Balaban J connectivity index is 3.05. The molecule has 0 aliphatic carbocycles.